The van der Waals surface area contributed by atoms with Crippen molar-refractivity contribution in [3.8, 4) is 5.82 Å². The number of aromatic nitrogens is 7. The van der Waals surface area contributed by atoms with Gasteiger partial charge in [-0.15, -0.1) is 0 Å². The second-order valence-electron chi connectivity index (χ2n) is 6.74. The Balaban J connectivity index is 1.41. The molecule has 0 amide bonds. The Labute approximate surface area is 166 Å². The van der Waals surface area contributed by atoms with Crippen molar-refractivity contribution < 1.29 is 0 Å². The summed E-state index contributed by atoms with van der Waals surface area (Å²) in [7, 11) is 0. The van der Waals surface area contributed by atoms with Crippen molar-refractivity contribution in [2.24, 2.45) is 0 Å². The van der Waals surface area contributed by atoms with Crippen LogP contribution in [0, 0.1) is 6.92 Å². The van der Waals surface area contributed by atoms with Gasteiger partial charge in [0, 0.05) is 12.4 Å². The number of anilines is 2. The maximum atomic E-state index is 4.45. The summed E-state index contributed by atoms with van der Waals surface area (Å²) >= 11 is 0. The number of pyridine rings is 1. The molecule has 4 aromatic heterocycles. The zero-order valence-electron chi connectivity index (χ0n) is 15.8. The number of rotatable bonds is 5. The average Bonchev–Trinajstić information content (AvgIpc) is 3.36. The van der Waals surface area contributed by atoms with Crippen LogP contribution in [0.4, 0.5) is 11.5 Å². The molecule has 0 aliphatic rings. The van der Waals surface area contributed by atoms with Crippen LogP contribution in [0.25, 0.3) is 16.9 Å². The molecule has 29 heavy (non-hydrogen) atoms. The zero-order chi connectivity index (χ0) is 19.6. The van der Waals surface area contributed by atoms with Crippen molar-refractivity contribution in [1.82, 2.24) is 34.5 Å². The van der Waals surface area contributed by atoms with Crippen LogP contribution in [0.1, 0.15) is 11.1 Å². The molecule has 0 radical (unpaired) electrons. The summed E-state index contributed by atoms with van der Waals surface area (Å²) in [4.78, 5) is 13.1. The van der Waals surface area contributed by atoms with E-state index in [-0.39, 0.29) is 0 Å². The van der Waals surface area contributed by atoms with Gasteiger partial charge in [0.2, 0.25) is 0 Å². The molecule has 8 heteroatoms. The van der Waals surface area contributed by atoms with Crippen LogP contribution in [0.15, 0.2) is 73.6 Å². The molecular formula is C21H18N8. The molecule has 4 heterocycles. The van der Waals surface area contributed by atoms with Crippen LogP contribution < -0.4 is 5.32 Å². The van der Waals surface area contributed by atoms with E-state index in [9.17, 15) is 0 Å². The molecule has 0 bridgehead atoms. The Kier molecular flexibility index (Phi) is 4.21. The van der Waals surface area contributed by atoms with Crippen molar-refractivity contribution in [2.45, 2.75) is 13.5 Å². The van der Waals surface area contributed by atoms with E-state index < -0.39 is 0 Å². The summed E-state index contributed by atoms with van der Waals surface area (Å²) in [6.07, 6.45) is 8.73. The first kappa shape index (κ1) is 17.1. The van der Waals surface area contributed by atoms with E-state index in [1.165, 1.54) is 17.5 Å². The van der Waals surface area contributed by atoms with Gasteiger partial charge in [0.25, 0.3) is 0 Å². The van der Waals surface area contributed by atoms with Gasteiger partial charge in [-0.3, -0.25) is 4.68 Å². The molecule has 1 N–H and O–H groups in total. The lowest BCUT2D eigenvalue weighted by Crippen LogP contribution is -2.01. The summed E-state index contributed by atoms with van der Waals surface area (Å²) in [5.74, 6) is 1.38. The van der Waals surface area contributed by atoms with Crippen molar-refractivity contribution in [3.63, 3.8) is 0 Å². The maximum absolute atomic E-state index is 4.45. The predicted octanol–water partition coefficient (Wildman–Crippen LogP) is 3.51. The van der Waals surface area contributed by atoms with Gasteiger partial charge >= 0.3 is 0 Å². The van der Waals surface area contributed by atoms with Crippen LogP contribution >= 0.6 is 0 Å². The normalized spacial score (nSPS) is 11.1. The van der Waals surface area contributed by atoms with Crippen LogP contribution in [-0.2, 0) is 6.54 Å². The van der Waals surface area contributed by atoms with E-state index in [4.69, 9.17) is 0 Å². The molecule has 1 aromatic carbocycles. The molecule has 5 rings (SSSR count). The standard InChI is InChI=1S/C21H18N8/c1-15-5-4-6-16(9-15)12-28-13-17(10-25-28)27-20-18-11-26-29(21(18)24-14-23-20)19-7-2-3-8-22-19/h2-11,13-14H,12H2,1H3,(H,23,24,27). The number of nitrogens with zero attached hydrogens (tertiary/aromatic N) is 7. The maximum Gasteiger partial charge on any atom is 0.170 e. The summed E-state index contributed by atoms with van der Waals surface area (Å²) < 4.78 is 3.59. The molecular weight excluding hydrogens is 364 g/mol. The Morgan fingerprint density at radius 3 is 2.79 bits per heavy atom. The molecule has 0 saturated heterocycles. The number of hydrogen-bond acceptors (Lipinski definition) is 6. The Hall–Kier alpha value is -4.07. The molecule has 0 fully saturated rings. The number of nitrogens with one attached hydrogen (secondary N) is 1. The third kappa shape index (κ3) is 3.43. The quantitative estimate of drug-likeness (QED) is 0.501. The third-order valence-electron chi connectivity index (χ3n) is 4.56. The summed E-state index contributed by atoms with van der Waals surface area (Å²) in [5.41, 5.74) is 3.98. The van der Waals surface area contributed by atoms with Crippen molar-refractivity contribution in [2.75, 3.05) is 5.32 Å². The molecule has 0 spiro atoms. The summed E-state index contributed by atoms with van der Waals surface area (Å²) in [6, 6.07) is 14.1. The molecule has 5 aromatic rings. The fourth-order valence-electron chi connectivity index (χ4n) is 3.24. The largest absolute Gasteiger partial charge is 0.337 e. The summed E-state index contributed by atoms with van der Waals surface area (Å²) in [6.45, 7) is 2.80. The molecule has 0 unspecified atom stereocenters. The first-order chi connectivity index (χ1) is 14.3. The molecule has 0 atom stereocenters. The second-order valence-corrected chi connectivity index (χ2v) is 6.74. The molecule has 142 valence electrons. The lowest BCUT2D eigenvalue weighted by atomic mass is 10.1. The number of aryl methyl sites for hydroxylation is 1. The van der Waals surface area contributed by atoms with Gasteiger partial charge in [0.15, 0.2) is 11.5 Å². The highest BCUT2D eigenvalue weighted by atomic mass is 15.3. The van der Waals surface area contributed by atoms with Gasteiger partial charge in [0.1, 0.15) is 12.1 Å². The van der Waals surface area contributed by atoms with Crippen molar-refractivity contribution >= 4 is 22.5 Å². The van der Waals surface area contributed by atoms with Gasteiger partial charge < -0.3 is 5.32 Å². The fourth-order valence-corrected chi connectivity index (χ4v) is 3.24. The minimum atomic E-state index is 0.673. The Morgan fingerprint density at radius 2 is 1.93 bits per heavy atom. The topological polar surface area (TPSA) is 86.3 Å². The number of benzene rings is 1. The van der Waals surface area contributed by atoms with E-state index in [1.54, 1.807) is 23.3 Å². The number of hydrogen-bond donors (Lipinski definition) is 1. The Bertz CT molecular complexity index is 1270. The van der Waals surface area contributed by atoms with Crippen LogP contribution in [0.5, 0.6) is 0 Å². The molecule has 8 nitrogen and oxygen atoms in total. The predicted molar refractivity (Wildman–Crippen MR) is 110 cm³/mol. The minimum absolute atomic E-state index is 0.673. The smallest absolute Gasteiger partial charge is 0.170 e. The van der Waals surface area contributed by atoms with E-state index in [0.29, 0.717) is 23.8 Å². The van der Waals surface area contributed by atoms with Crippen LogP contribution in [-0.4, -0.2) is 34.5 Å². The second kappa shape index (κ2) is 7.16. The lowest BCUT2D eigenvalue weighted by Gasteiger charge is -2.05. The highest BCUT2D eigenvalue weighted by Gasteiger charge is 2.12. The fraction of sp³-hybridized carbons (Fsp3) is 0.0952. The highest BCUT2D eigenvalue weighted by Crippen LogP contribution is 2.24. The molecule has 0 saturated carbocycles. The van der Waals surface area contributed by atoms with Crippen molar-refractivity contribution in [3.05, 3.63) is 84.7 Å². The van der Waals surface area contributed by atoms with Gasteiger partial charge in [0.05, 0.1) is 30.0 Å². The van der Waals surface area contributed by atoms with E-state index in [0.717, 1.165) is 11.1 Å². The Morgan fingerprint density at radius 1 is 0.966 bits per heavy atom. The van der Waals surface area contributed by atoms with Gasteiger partial charge in [-0.25, -0.2) is 15.0 Å². The van der Waals surface area contributed by atoms with Gasteiger partial charge in [-0.1, -0.05) is 35.9 Å². The molecule has 0 aliphatic carbocycles. The highest BCUT2D eigenvalue weighted by molar-refractivity contribution is 5.88. The monoisotopic (exact) mass is 382 g/mol. The van der Waals surface area contributed by atoms with E-state index in [2.05, 4.69) is 61.7 Å². The first-order valence-corrected chi connectivity index (χ1v) is 9.21. The molecule has 0 aliphatic heterocycles. The average molecular weight is 382 g/mol. The number of fused-ring (bicyclic) bond motifs is 1. The van der Waals surface area contributed by atoms with E-state index >= 15 is 0 Å². The van der Waals surface area contributed by atoms with Gasteiger partial charge in [-0.2, -0.15) is 14.9 Å². The SMILES string of the molecule is Cc1cccc(Cn2cc(Nc3ncnc4c3cnn4-c3ccccn3)cn2)c1. The first-order valence-electron chi connectivity index (χ1n) is 9.21. The summed E-state index contributed by atoms with van der Waals surface area (Å²) in [5, 5.41) is 13.0. The lowest BCUT2D eigenvalue weighted by molar-refractivity contribution is 0.686. The van der Waals surface area contributed by atoms with Gasteiger partial charge in [-0.05, 0) is 24.6 Å². The zero-order valence-corrected chi connectivity index (χ0v) is 15.8. The minimum Gasteiger partial charge on any atom is -0.337 e. The van der Waals surface area contributed by atoms with E-state index in [1.807, 2.05) is 29.1 Å². The third-order valence-corrected chi connectivity index (χ3v) is 4.56. The van der Waals surface area contributed by atoms with Crippen molar-refractivity contribution in [1.29, 1.82) is 0 Å². The van der Waals surface area contributed by atoms with Crippen LogP contribution in [0.2, 0.25) is 0 Å². The van der Waals surface area contributed by atoms with Crippen LogP contribution in [0.3, 0.4) is 0 Å².